The molecule has 0 radical (unpaired) electrons. The van der Waals surface area contributed by atoms with Gasteiger partial charge in [0.05, 0.1) is 13.2 Å². The zero-order valence-corrected chi connectivity index (χ0v) is 14.3. The predicted octanol–water partition coefficient (Wildman–Crippen LogP) is 6.21. The molecular weight excluding hydrogens is 280 g/mol. The second kappa shape index (κ2) is 19.2. The quantitative estimate of drug-likeness (QED) is 0.160. The molecule has 0 aliphatic rings. The van der Waals surface area contributed by atoms with Crippen LogP contribution in [0.25, 0.3) is 0 Å². The van der Waals surface area contributed by atoms with E-state index in [4.69, 9.17) is 16.3 Å². The molecular formula is C19H31ClO. The minimum atomic E-state index is 0.629. The number of hydrogen-bond acceptors (Lipinski definition) is 1. The molecule has 0 aliphatic carbocycles. The van der Waals surface area contributed by atoms with Crippen LogP contribution in [0.15, 0.2) is 42.2 Å². The van der Waals surface area contributed by atoms with Gasteiger partial charge in [0.2, 0.25) is 0 Å². The first-order chi connectivity index (χ1) is 10.4. The highest BCUT2D eigenvalue weighted by Crippen LogP contribution is 2.03. The Morgan fingerprint density at radius 2 is 1.71 bits per heavy atom. The van der Waals surface area contributed by atoms with Crippen molar-refractivity contribution in [3.63, 3.8) is 0 Å². The van der Waals surface area contributed by atoms with E-state index in [1.165, 1.54) is 32.1 Å². The Hall–Kier alpha value is -0.750. The minimum absolute atomic E-state index is 0.629. The second-order valence-corrected chi connectivity index (χ2v) is 5.32. The van der Waals surface area contributed by atoms with Crippen LogP contribution < -0.4 is 0 Å². The van der Waals surface area contributed by atoms with Gasteiger partial charge in [-0.3, -0.25) is 0 Å². The van der Waals surface area contributed by atoms with Crippen molar-refractivity contribution < 1.29 is 4.74 Å². The van der Waals surface area contributed by atoms with Gasteiger partial charge in [-0.25, -0.2) is 0 Å². The van der Waals surface area contributed by atoms with E-state index in [0.717, 1.165) is 25.9 Å². The van der Waals surface area contributed by atoms with E-state index in [1.54, 1.807) is 0 Å². The van der Waals surface area contributed by atoms with Crippen molar-refractivity contribution in [2.24, 2.45) is 0 Å². The van der Waals surface area contributed by atoms with Crippen molar-refractivity contribution >= 4 is 11.6 Å². The van der Waals surface area contributed by atoms with Gasteiger partial charge < -0.3 is 4.74 Å². The molecule has 0 bridgehead atoms. The Bertz CT molecular complexity index is 312. The zero-order chi connectivity index (χ0) is 15.4. The SMILES string of the molecule is CCCCCCC=CCC=CCCOCC=C=CCCCl. The molecule has 0 aromatic rings. The standard InChI is InChI=1S/C19H31ClO/c1-2-3-4-5-6-7-8-9-10-12-15-18-21-19-16-13-11-14-17-20/h7-8,10-12,16H,2-6,9,14-15,17-19H2,1H3. The molecule has 120 valence electrons. The van der Waals surface area contributed by atoms with Crippen LogP contribution >= 0.6 is 11.6 Å². The molecule has 0 N–H and O–H groups in total. The first kappa shape index (κ1) is 20.2. The van der Waals surface area contributed by atoms with E-state index in [2.05, 4.69) is 37.0 Å². The van der Waals surface area contributed by atoms with Crippen molar-refractivity contribution in [2.75, 3.05) is 19.1 Å². The topological polar surface area (TPSA) is 9.23 Å². The smallest absolute Gasteiger partial charge is 0.0721 e. The lowest BCUT2D eigenvalue weighted by atomic mass is 10.1. The van der Waals surface area contributed by atoms with Gasteiger partial charge in [0.15, 0.2) is 0 Å². The number of unbranched alkanes of at least 4 members (excludes halogenated alkanes) is 4. The molecule has 1 nitrogen and oxygen atoms in total. The van der Waals surface area contributed by atoms with Crippen LogP contribution in [0.2, 0.25) is 0 Å². The Kier molecular flexibility index (Phi) is 18.6. The van der Waals surface area contributed by atoms with Gasteiger partial charge in [-0.15, -0.1) is 17.3 Å². The summed E-state index contributed by atoms with van der Waals surface area (Å²) in [6.07, 6.45) is 22.3. The van der Waals surface area contributed by atoms with Gasteiger partial charge >= 0.3 is 0 Å². The molecule has 0 aromatic carbocycles. The lowest BCUT2D eigenvalue weighted by molar-refractivity contribution is 0.167. The van der Waals surface area contributed by atoms with Gasteiger partial charge in [0.25, 0.3) is 0 Å². The fourth-order valence-electron chi connectivity index (χ4n) is 1.76. The van der Waals surface area contributed by atoms with Crippen LogP contribution in [0.5, 0.6) is 0 Å². The van der Waals surface area contributed by atoms with E-state index in [0.29, 0.717) is 12.5 Å². The highest BCUT2D eigenvalue weighted by Gasteiger charge is 1.84. The van der Waals surface area contributed by atoms with Crippen LogP contribution in [0.3, 0.4) is 0 Å². The lowest BCUT2D eigenvalue weighted by Crippen LogP contribution is -1.91. The monoisotopic (exact) mass is 310 g/mol. The minimum Gasteiger partial charge on any atom is -0.376 e. The largest absolute Gasteiger partial charge is 0.376 e. The van der Waals surface area contributed by atoms with Gasteiger partial charge in [-0.05, 0) is 44.3 Å². The second-order valence-electron chi connectivity index (χ2n) is 4.94. The molecule has 2 heteroatoms. The Labute approximate surface area is 136 Å². The van der Waals surface area contributed by atoms with Crippen LogP contribution in [-0.4, -0.2) is 19.1 Å². The summed E-state index contributed by atoms with van der Waals surface area (Å²) in [4.78, 5) is 0. The number of rotatable bonds is 14. The Balaban J connectivity index is 3.29. The molecule has 0 spiro atoms. The van der Waals surface area contributed by atoms with Crippen LogP contribution in [-0.2, 0) is 4.74 Å². The molecule has 0 fully saturated rings. The number of ether oxygens (including phenoxy) is 1. The summed E-state index contributed by atoms with van der Waals surface area (Å²) >= 11 is 5.54. The third-order valence-electron chi connectivity index (χ3n) is 2.95. The van der Waals surface area contributed by atoms with E-state index >= 15 is 0 Å². The van der Waals surface area contributed by atoms with Crippen molar-refractivity contribution in [3.8, 4) is 0 Å². The normalized spacial score (nSPS) is 11.1. The van der Waals surface area contributed by atoms with E-state index < -0.39 is 0 Å². The van der Waals surface area contributed by atoms with Gasteiger partial charge in [0, 0.05) is 5.88 Å². The summed E-state index contributed by atoms with van der Waals surface area (Å²) in [6, 6.07) is 0. The third-order valence-corrected chi connectivity index (χ3v) is 3.17. The summed E-state index contributed by atoms with van der Waals surface area (Å²) in [6.45, 7) is 3.65. The predicted molar refractivity (Wildman–Crippen MR) is 95.1 cm³/mol. The van der Waals surface area contributed by atoms with E-state index in [1.807, 2.05) is 12.2 Å². The Morgan fingerprint density at radius 3 is 2.48 bits per heavy atom. The molecule has 21 heavy (non-hydrogen) atoms. The number of allylic oxidation sites excluding steroid dienone is 3. The summed E-state index contributed by atoms with van der Waals surface area (Å²) in [5.41, 5.74) is 3.04. The number of hydrogen-bond donors (Lipinski definition) is 0. The molecule has 0 aromatic heterocycles. The van der Waals surface area contributed by atoms with Crippen molar-refractivity contribution in [2.45, 2.75) is 58.3 Å². The van der Waals surface area contributed by atoms with Crippen LogP contribution in [0.4, 0.5) is 0 Å². The molecule has 0 atom stereocenters. The molecule has 0 rings (SSSR count). The average molecular weight is 311 g/mol. The highest BCUT2D eigenvalue weighted by atomic mass is 35.5. The van der Waals surface area contributed by atoms with E-state index in [-0.39, 0.29) is 0 Å². The summed E-state index contributed by atoms with van der Waals surface area (Å²) in [7, 11) is 0. The van der Waals surface area contributed by atoms with Crippen molar-refractivity contribution in [3.05, 3.63) is 42.2 Å². The highest BCUT2D eigenvalue weighted by molar-refractivity contribution is 6.17. The zero-order valence-electron chi connectivity index (χ0n) is 13.5. The fourth-order valence-corrected chi connectivity index (χ4v) is 1.87. The first-order valence-electron chi connectivity index (χ1n) is 8.25. The molecule has 0 unspecified atom stereocenters. The first-order valence-corrected chi connectivity index (χ1v) is 8.78. The fraction of sp³-hybridized carbons (Fsp3) is 0.632. The summed E-state index contributed by atoms with van der Waals surface area (Å²) in [5, 5.41) is 0. The third kappa shape index (κ3) is 19.2. The Morgan fingerprint density at radius 1 is 0.905 bits per heavy atom. The number of alkyl halides is 1. The van der Waals surface area contributed by atoms with E-state index in [9.17, 15) is 0 Å². The maximum absolute atomic E-state index is 5.54. The molecule has 0 heterocycles. The average Bonchev–Trinajstić information content (AvgIpc) is 2.50. The van der Waals surface area contributed by atoms with Crippen molar-refractivity contribution in [1.82, 2.24) is 0 Å². The van der Waals surface area contributed by atoms with Gasteiger partial charge in [-0.2, -0.15) is 0 Å². The molecule has 0 saturated carbocycles. The van der Waals surface area contributed by atoms with Gasteiger partial charge in [0.1, 0.15) is 0 Å². The van der Waals surface area contributed by atoms with Gasteiger partial charge in [-0.1, -0.05) is 50.5 Å². The lowest BCUT2D eigenvalue weighted by Gasteiger charge is -1.95. The van der Waals surface area contributed by atoms with Crippen molar-refractivity contribution in [1.29, 1.82) is 0 Å². The molecule has 0 aliphatic heterocycles. The summed E-state index contributed by atoms with van der Waals surface area (Å²) in [5.74, 6) is 0.652. The maximum atomic E-state index is 5.54. The molecule has 0 saturated heterocycles. The molecule has 0 amide bonds. The maximum Gasteiger partial charge on any atom is 0.0721 e. The van der Waals surface area contributed by atoms with Crippen LogP contribution in [0, 0.1) is 0 Å². The van der Waals surface area contributed by atoms with Crippen LogP contribution in [0.1, 0.15) is 58.3 Å². The number of halogens is 1. The summed E-state index contributed by atoms with van der Waals surface area (Å²) < 4.78 is 5.46.